The van der Waals surface area contributed by atoms with E-state index in [1.54, 1.807) is 0 Å². The van der Waals surface area contributed by atoms with Crippen LogP contribution in [0.1, 0.15) is 22.3 Å². The highest BCUT2D eigenvalue weighted by atomic mass is 15.1. The van der Waals surface area contributed by atoms with Gasteiger partial charge in [-0.15, -0.1) is 5.46 Å². The molecule has 0 atom stereocenters. The minimum atomic E-state index is -0.388. The fourth-order valence-corrected chi connectivity index (χ4v) is 8.88. The second-order valence-electron chi connectivity index (χ2n) is 13.8. The van der Waals surface area contributed by atoms with Gasteiger partial charge in [0.05, 0.1) is 5.41 Å². The molecule has 0 aromatic heterocycles. The molecule has 7 aromatic rings. The molecule has 0 radical (unpaired) electrons. The first-order chi connectivity index (χ1) is 23.9. The first-order valence-corrected chi connectivity index (χ1v) is 17.4. The van der Waals surface area contributed by atoms with Crippen LogP contribution in [-0.2, 0) is 5.41 Å². The molecule has 0 fully saturated rings. The monoisotopic (exact) mass is 619 g/mol. The summed E-state index contributed by atoms with van der Waals surface area (Å²) in [5.74, 6) is 0. The maximum Gasteiger partial charge on any atom is 0.141 e. The second kappa shape index (κ2) is 11.1. The predicted octanol–water partition coefficient (Wildman–Crippen LogP) is 2.46. The Kier molecular flexibility index (Phi) is 6.75. The van der Waals surface area contributed by atoms with E-state index in [0.29, 0.717) is 0 Å². The van der Waals surface area contributed by atoms with Gasteiger partial charge in [0.1, 0.15) is 39.2 Å². The van der Waals surface area contributed by atoms with E-state index in [0.717, 1.165) is 5.69 Å². The Morgan fingerprint density at radius 2 is 0.755 bits per heavy atom. The van der Waals surface area contributed by atoms with Gasteiger partial charge in [-0.1, -0.05) is 143 Å². The molecular weight excluding hydrogens is 585 g/mol. The Balaban J connectivity index is 1.33. The molecule has 2 aliphatic carbocycles. The van der Waals surface area contributed by atoms with Crippen LogP contribution in [0, 0.1) is 0 Å². The minimum absolute atomic E-state index is 0.388. The van der Waals surface area contributed by atoms with Crippen LogP contribution >= 0.6 is 0 Å². The van der Waals surface area contributed by atoms with Crippen LogP contribution in [0.25, 0.3) is 33.4 Å². The number of fused-ring (bicyclic) bond motifs is 10. The number of benzene rings is 7. The van der Waals surface area contributed by atoms with Gasteiger partial charge < -0.3 is 4.90 Å². The summed E-state index contributed by atoms with van der Waals surface area (Å²) in [6.07, 6.45) is 0. The van der Waals surface area contributed by atoms with Crippen LogP contribution < -0.4 is 32.2 Å². The molecule has 226 valence electrons. The van der Waals surface area contributed by atoms with Crippen LogP contribution in [-0.4, -0.2) is 39.2 Å². The lowest BCUT2D eigenvalue weighted by molar-refractivity contribution is 0.793. The van der Waals surface area contributed by atoms with Gasteiger partial charge in [-0.2, -0.15) is 0 Å². The summed E-state index contributed by atoms with van der Waals surface area (Å²) in [5.41, 5.74) is 23.1. The maximum absolute atomic E-state index is 2.52. The number of hydrogen-bond donors (Lipinski definition) is 0. The Labute approximate surface area is 294 Å². The molecule has 0 bridgehead atoms. The zero-order chi connectivity index (χ0) is 33.4. The molecule has 0 N–H and O–H groups in total. The molecule has 0 saturated heterocycles. The van der Waals surface area contributed by atoms with Crippen molar-refractivity contribution in [3.05, 3.63) is 168 Å². The lowest BCUT2D eigenvalue weighted by Gasteiger charge is -2.34. The van der Waals surface area contributed by atoms with E-state index >= 15 is 0 Å². The molecule has 49 heavy (non-hydrogen) atoms. The molecule has 1 spiro atoms. The van der Waals surface area contributed by atoms with Crippen molar-refractivity contribution >= 4 is 83.6 Å². The van der Waals surface area contributed by atoms with Crippen molar-refractivity contribution in [3.63, 3.8) is 0 Å². The van der Waals surface area contributed by atoms with Crippen molar-refractivity contribution in [2.75, 3.05) is 4.90 Å². The fraction of sp³-hybridized carbons (Fsp3) is 0.0233. The SMILES string of the molecule is Bc1c(B)c(B)c(N(c2ccc(-c3ccccc3)cc2)c2ccc3c(c2)C2(c4ccccc4-c4ccccc42)c2ccccc2-3)c(B)c1B. The van der Waals surface area contributed by atoms with E-state index in [1.807, 2.05) is 0 Å². The van der Waals surface area contributed by atoms with Gasteiger partial charge in [-0.25, -0.2) is 0 Å². The quantitative estimate of drug-likeness (QED) is 0.274. The summed E-state index contributed by atoms with van der Waals surface area (Å²) in [7, 11) is 11.4. The molecule has 0 heterocycles. The second-order valence-corrected chi connectivity index (χ2v) is 13.8. The zero-order valence-corrected chi connectivity index (χ0v) is 28.8. The summed E-state index contributed by atoms with van der Waals surface area (Å²) >= 11 is 0. The summed E-state index contributed by atoms with van der Waals surface area (Å²) < 4.78 is 0. The predicted molar refractivity (Wildman–Crippen MR) is 224 cm³/mol. The van der Waals surface area contributed by atoms with Crippen molar-refractivity contribution in [2.45, 2.75) is 5.41 Å². The molecule has 0 unspecified atom stereocenters. The lowest BCUT2D eigenvalue weighted by Crippen LogP contribution is -2.56. The number of hydrogen-bond acceptors (Lipinski definition) is 1. The number of rotatable bonds is 4. The highest BCUT2D eigenvalue weighted by Gasteiger charge is 2.51. The highest BCUT2D eigenvalue weighted by molar-refractivity contribution is 6.69. The van der Waals surface area contributed by atoms with E-state index in [2.05, 4.69) is 190 Å². The first-order valence-electron chi connectivity index (χ1n) is 17.4. The van der Waals surface area contributed by atoms with E-state index in [-0.39, 0.29) is 5.41 Å². The van der Waals surface area contributed by atoms with Gasteiger partial charge in [0.15, 0.2) is 0 Å². The fourth-order valence-electron chi connectivity index (χ4n) is 8.88. The summed E-state index contributed by atoms with van der Waals surface area (Å²) in [4.78, 5) is 2.52. The normalized spacial score (nSPS) is 13.1. The van der Waals surface area contributed by atoms with Crippen LogP contribution in [0.3, 0.4) is 0 Å². The molecule has 7 aromatic carbocycles. The topological polar surface area (TPSA) is 3.24 Å². The van der Waals surface area contributed by atoms with Crippen molar-refractivity contribution in [2.24, 2.45) is 0 Å². The Morgan fingerprint density at radius 1 is 0.347 bits per heavy atom. The van der Waals surface area contributed by atoms with Gasteiger partial charge >= 0.3 is 0 Å². The van der Waals surface area contributed by atoms with E-state index in [4.69, 9.17) is 0 Å². The van der Waals surface area contributed by atoms with Gasteiger partial charge in [0.2, 0.25) is 0 Å². The largest absolute Gasteiger partial charge is 0.312 e. The smallest absolute Gasteiger partial charge is 0.141 e. The van der Waals surface area contributed by atoms with E-state index in [1.165, 1.54) is 94.3 Å². The van der Waals surface area contributed by atoms with Crippen molar-refractivity contribution < 1.29 is 0 Å². The Hall–Kier alpha value is -5.34. The van der Waals surface area contributed by atoms with Crippen LogP contribution in [0.5, 0.6) is 0 Å². The average molecular weight is 619 g/mol. The Bertz CT molecular complexity index is 2360. The zero-order valence-electron chi connectivity index (χ0n) is 28.8. The number of anilines is 3. The lowest BCUT2D eigenvalue weighted by atomic mass is 9.61. The number of nitrogens with zero attached hydrogens (tertiary/aromatic N) is 1. The van der Waals surface area contributed by atoms with Gasteiger partial charge in [0.25, 0.3) is 0 Å². The van der Waals surface area contributed by atoms with E-state index in [9.17, 15) is 0 Å². The van der Waals surface area contributed by atoms with Gasteiger partial charge in [-0.05, 0) is 79.9 Å². The van der Waals surface area contributed by atoms with Crippen molar-refractivity contribution in [3.8, 4) is 33.4 Å². The molecule has 6 heteroatoms. The molecule has 2 aliphatic rings. The highest BCUT2D eigenvalue weighted by Crippen LogP contribution is 2.63. The summed E-state index contributed by atoms with van der Waals surface area (Å²) in [6, 6.07) is 54.2. The molecule has 0 aliphatic heterocycles. The molecule has 9 rings (SSSR count). The van der Waals surface area contributed by atoms with Crippen LogP contribution in [0.4, 0.5) is 17.1 Å². The van der Waals surface area contributed by atoms with Crippen LogP contribution in [0.15, 0.2) is 146 Å². The third-order valence-corrected chi connectivity index (χ3v) is 11.7. The standard InChI is InChI=1S/C43H34B5N/c44-37-38(45)40(47)42(41(48)39(37)46)49(27-20-18-26(19-21-27)25-10-2-1-3-11-25)28-22-23-32-31-14-6-9-17-35(31)43(36(32)24-28)33-15-7-4-12-29(33)30-13-5-8-16-34(30)43/h1-24H,44-48H2. The summed E-state index contributed by atoms with van der Waals surface area (Å²) in [5, 5.41) is 0. The average Bonchev–Trinajstić information content (AvgIpc) is 3.62. The first kappa shape index (κ1) is 29.8. The molecule has 0 saturated carbocycles. The van der Waals surface area contributed by atoms with E-state index < -0.39 is 0 Å². The Morgan fingerprint density at radius 3 is 1.29 bits per heavy atom. The van der Waals surface area contributed by atoms with Crippen LogP contribution in [0.2, 0.25) is 0 Å². The maximum atomic E-state index is 2.52. The third kappa shape index (κ3) is 4.13. The third-order valence-electron chi connectivity index (χ3n) is 11.7. The van der Waals surface area contributed by atoms with Crippen molar-refractivity contribution in [1.29, 1.82) is 0 Å². The molecular formula is C43H34B5N. The summed E-state index contributed by atoms with van der Waals surface area (Å²) in [6.45, 7) is 0. The molecule has 1 nitrogen and oxygen atoms in total. The van der Waals surface area contributed by atoms with Gasteiger partial charge in [0, 0.05) is 17.1 Å². The van der Waals surface area contributed by atoms with Gasteiger partial charge in [-0.3, -0.25) is 0 Å². The molecule has 0 amide bonds. The van der Waals surface area contributed by atoms with Crippen molar-refractivity contribution in [1.82, 2.24) is 0 Å². The minimum Gasteiger partial charge on any atom is -0.312 e.